The molecule has 5 aromatic rings. The standard InChI is InChI=1S/C25H25N3/c1-2-3-16-28-23-11-5-4-8-19(23)20-17-18(12-13-24(20)28)25(21-9-6-14-26-21)22-10-7-15-27-22/h4-15,17,25-27H,2-3,16H2,1H3. The van der Waals surface area contributed by atoms with Crippen molar-refractivity contribution in [2.75, 3.05) is 0 Å². The highest BCUT2D eigenvalue weighted by Crippen LogP contribution is 2.35. The molecule has 3 heteroatoms. The van der Waals surface area contributed by atoms with Crippen LogP contribution in [0.5, 0.6) is 0 Å². The largest absolute Gasteiger partial charge is 0.364 e. The second-order valence-corrected chi connectivity index (χ2v) is 7.48. The molecule has 0 aliphatic rings. The average Bonchev–Trinajstić information content (AvgIpc) is 3.48. The Bertz CT molecular complexity index is 1160. The topological polar surface area (TPSA) is 36.5 Å². The van der Waals surface area contributed by atoms with Gasteiger partial charge in [-0.1, -0.05) is 37.6 Å². The third kappa shape index (κ3) is 2.75. The maximum Gasteiger partial charge on any atom is 0.0641 e. The highest BCUT2D eigenvalue weighted by molar-refractivity contribution is 6.08. The molecule has 0 spiro atoms. The molecule has 0 aliphatic heterocycles. The van der Waals surface area contributed by atoms with Gasteiger partial charge >= 0.3 is 0 Å². The lowest BCUT2D eigenvalue weighted by Gasteiger charge is -2.16. The Balaban J connectivity index is 1.72. The number of aromatic nitrogens is 3. The lowest BCUT2D eigenvalue weighted by atomic mass is 9.91. The second-order valence-electron chi connectivity index (χ2n) is 7.48. The summed E-state index contributed by atoms with van der Waals surface area (Å²) in [7, 11) is 0. The Morgan fingerprint density at radius 3 is 2.18 bits per heavy atom. The third-order valence-corrected chi connectivity index (χ3v) is 5.73. The average molecular weight is 367 g/mol. The van der Waals surface area contributed by atoms with Gasteiger partial charge in [-0.2, -0.15) is 0 Å². The first kappa shape index (κ1) is 16.9. The van der Waals surface area contributed by atoms with Crippen LogP contribution in [0.4, 0.5) is 0 Å². The summed E-state index contributed by atoms with van der Waals surface area (Å²) < 4.78 is 2.48. The van der Waals surface area contributed by atoms with Gasteiger partial charge < -0.3 is 14.5 Å². The van der Waals surface area contributed by atoms with Crippen LogP contribution in [0.15, 0.2) is 79.1 Å². The number of H-pyrrole nitrogens is 2. The normalized spacial score (nSPS) is 11.8. The maximum absolute atomic E-state index is 3.42. The number of aromatic amines is 2. The van der Waals surface area contributed by atoms with Crippen LogP contribution in [0, 0.1) is 0 Å². The van der Waals surface area contributed by atoms with Crippen LogP contribution in [0.2, 0.25) is 0 Å². The van der Waals surface area contributed by atoms with Crippen LogP contribution < -0.4 is 0 Å². The predicted molar refractivity (Wildman–Crippen MR) is 117 cm³/mol. The molecule has 28 heavy (non-hydrogen) atoms. The summed E-state index contributed by atoms with van der Waals surface area (Å²) in [4.78, 5) is 6.83. The zero-order chi connectivity index (χ0) is 18.9. The molecule has 0 bridgehead atoms. The lowest BCUT2D eigenvalue weighted by molar-refractivity contribution is 0.665. The van der Waals surface area contributed by atoms with E-state index in [0.29, 0.717) is 0 Å². The molecule has 0 saturated carbocycles. The molecule has 3 nitrogen and oxygen atoms in total. The number of aryl methyl sites for hydroxylation is 1. The van der Waals surface area contributed by atoms with Crippen LogP contribution in [0.3, 0.4) is 0 Å². The number of fused-ring (bicyclic) bond motifs is 3. The van der Waals surface area contributed by atoms with Gasteiger partial charge in [-0.25, -0.2) is 0 Å². The second kappa shape index (κ2) is 7.08. The summed E-state index contributed by atoms with van der Waals surface area (Å²) in [6.45, 7) is 3.32. The molecule has 0 unspecified atom stereocenters. The van der Waals surface area contributed by atoms with E-state index in [9.17, 15) is 0 Å². The van der Waals surface area contributed by atoms with E-state index in [-0.39, 0.29) is 5.92 Å². The molecule has 5 rings (SSSR count). The van der Waals surface area contributed by atoms with Gasteiger partial charge in [0, 0.05) is 52.1 Å². The van der Waals surface area contributed by atoms with E-state index < -0.39 is 0 Å². The van der Waals surface area contributed by atoms with Crippen molar-refractivity contribution in [3.63, 3.8) is 0 Å². The molecule has 2 aromatic carbocycles. The molecule has 140 valence electrons. The van der Waals surface area contributed by atoms with Crippen LogP contribution in [-0.2, 0) is 6.54 Å². The van der Waals surface area contributed by atoms with Gasteiger partial charge in [0.05, 0.1) is 5.92 Å². The summed E-state index contributed by atoms with van der Waals surface area (Å²) in [5.41, 5.74) is 6.37. The fourth-order valence-electron chi connectivity index (χ4n) is 4.38. The number of para-hydroxylation sites is 1. The van der Waals surface area contributed by atoms with E-state index in [2.05, 4.69) is 88.2 Å². The van der Waals surface area contributed by atoms with Crippen molar-refractivity contribution in [3.05, 3.63) is 96.1 Å². The molecule has 0 fully saturated rings. The zero-order valence-corrected chi connectivity index (χ0v) is 16.2. The van der Waals surface area contributed by atoms with Gasteiger partial charge in [0.1, 0.15) is 0 Å². The quantitative estimate of drug-likeness (QED) is 0.347. The Kier molecular flexibility index (Phi) is 4.28. The SMILES string of the molecule is CCCCn1c2ccccc2c2cc(C(c3ccc[nH]3)c3ccc[nH]3)ccc21. The number of unbranched alkanes of at least 4 members (excludes halogenated alkanes) is 1. The zero-order valence-electron chi connectivity index (χ0n) is 16.2. The summed E-state index contributed by atoms with van der Waals surface area (Å²) in [5, 5.41) is 2.68. The lowest BCUT2D eigenvalue weighted by Crippen LogP contribution is -2.04. The van der Waals surface area contributed by atoms with Crippen molar-refractivity contribution in [2.45, 2.75) is 32.2 Å². The van der Waals surface area contributed by atoms with E-state index >= 15 is 0 Å². The molecular formula is C25H25N3. The number of nitrogens with zero attached hydrogens (tertiary/aromatic N) is 1. The third-order valence-electron chi connectivity index (χ3n) is 5.73. The van der Waals surface area contributed by atoms with Gasteiger partial charge in [-0.15, -0.1) is 0 Å². The monoisotopic (exact) mass is 367 g/mol. The summed E-state index contributed by atoms with van der Waals surface area (Å²) >= 11 is 0. The minimum atomic E-state index is 0.173. The minimum absolute atomic E-state index is 0.173. The Morgan fingerprint density at radius 2 is 1.50 bits per heavy atom. The van der Waals surface area contributed by atoms with Crippen LogP contribution in [-0.4, -0.2) is 14.5 Å². The summed E-state index contributed by atoms with van der Waals surface area (Å²) in [6, 6.07) is 24.2. The Hall–Kier alpha value is -3.20. The van der Waals surface area contributed by atoms with E-state index in [1.54, 1.807) is 0 Å². The van der Waals surface area contributed by atoms with E-state index in [1.807, 2.05) is 12.4 Å². The molecule has 0 aliphatic carbocycles. The van der Waals surface area contributed by atoms with E-state index in [4.69, 9.17) is 0 Å². The minimum Gasteiger partial charge on any atom is -0.364 e. The first-order chi connectivity index (χ1) is 13.9. The fourth-order valence-corrected chi connectivity index (χ4v) is 4.38. The molecule has 3 heterocycles. The molecule has 2 N–H and O–H groups in total. The van der Waals surface area contributed by atoms with Gasteiger partial charge in [0.15, 0.2) is 0 Å². The van der Waals surface area contributed by atoms with Crippen LogP contribution in [0.25, 0.3) is 21.8 Å². The van der Waals surface area contributed by atoms with Crippen molar-refractivity contribution < 1.29 is 0 Å². The molecular weight excluding hydrogens is 342 g/mol. The molecule has 0 atom stereocenters. The van der Waals surface area contributed by atoms with Gasteiger partial charge in [-0.3, -0.25) is 0 Å². The van der Waals surface area contributed by atoms with E-state index in [1.165, 1.54) is 51.6 Å². The van der Waals surface area contributed by atoms with Crippen molar-refractivity contribution in [3.8, 4) is 0 Å². The smallest absolute Gasteiger partial charge is 0.0641 e. The molecule has 0 amide bonds. The highest BCUT2D eigenvalue weighted by atomic mass is 15.0. The van der Waals surface area contributed by atoms with Crippen molar-refractivity contribution in [1.29, 1.82) is 0 Å². The van der Waals surface area contributed by atoms with Gasteiger partial charge in [0.2, 0.25) is 0 Å². The van der Waals surface area contributed by atoms with Crippen LogP contribution >= 0.6 is 0 Å². The molecule has 3 aromatic heterocycles. The number of hydrogen-bond donors (Lipinski definition) is 2. The first-order valence-electron chi connectivity index (χ1n) is 10.1. The van der Waals surface area contributed by atoms with Gasteiger partial charge in [-0.05, 0) is 54.4 Å². The first-order valence-corrected chi connectivity index (χ1v) is 10.1. The number of nitrogens with one attached hydrogen (secondary N) is 2. The molecule has 0 saturated heterocycles. The van der Waals surface area contributed by atoms with Crippen molar-refractivity contribution >= 4 is 21.8 Å². The number of benzene rings is 2. The van der Waals surface area contributed by atoms with Gasteiger partial charge in [0.25, 0.3) is 0 Å². The Labute approximate surface area is 165 Å². The number of hydrogen-bond acceptors (Lipinski definition) is 0. The van der Waals surface area contributed by atoms with Crippen molar-refractivity contribution in [1.82, 2.24) is 14.5 Å². The summed E-state index contributed by atoms with van der Waals surface area (Å²) in [6.07, 6.45) is 6.40. The van der Waals surface area contributed by atoms with Crippen LogP contribution in [0.1, 0.15) is 42.6 Å². The highest BCUT2D eigenvalue weighted by Gasteiger charge is 2.20. The fraction of sp³-hybridized carbons (Fsp3) is 0.200. The van der Waals surface area contributed by atoms with Crippen molar-refractivity contribution in [2.24, 2.45) is 0 Å². The number of rotatable bonds is 6. The molecule has 0 radical (unpaired) electrons. The maximum atomic E-state index is 3.42. The predicted octanol–water partition coefficient (Wildman–Crippen LogP) is 6.43. The Morgan fingerprint density at radius 1 is 0.786 bits per heavy atom. The summed E-state index contributed by atoms with van der Waals surface area (Å²) in [5.74, 6) is 0.173. The van der Waals surface area contributed by atoms with E-state index in [0.717, 1.165) is 6.54 Å².